The van der Waals surface area contributed by atoms with Gasteiger partial charge in [-0.3, -0.25) is 4.79 Å². The fourth-order valence-electron chi connectivity index (χ4n) is 5.38. The largest absolute Gasteiger partial charge is 0.394 e. The number of pyridine rings is 1. The SMILES string of the molecule is CC(C)(C)NS(=O)(=O)c1ccc(C(=O)Nc2cccc(N3CCO[C@H](CO)C3)n2)c(N2CCC3(CC2)CC3)c1. The highest BCUT2D eigenvalue weighted by molar-refractivity contribution is 7.89. The van der Waals surface area contributed by atoms with Crippen molar-refractivity contribution in [2.24, 2.45) is 5.41 Å². The monoisotopic (exact) mass is 557 g/mol. The van der Waals surface area contributed by atoms with Gasteiger partial charge in [-0.15, -0.1) is 0 Å². The van der Waals surface area contributed by atoms with E-state index >= 15 is 0 Å². The first-order valence-electron chi connectivity index (χ1n) is 13.7. The Morgan fingerprint density at radius 3 is 2.51 bits per heavy atom. The molecule has 1 amide bonds. The van der Waals surface area contributed by atoms with E-state index in [1.54, 1.807) is 39.0 Å². The van der Waals surface area contributed by atoms with Gasteiger partial charge in [-0.05, 0) is 82.2 Å². The first kappa shape index (κ1) is 27.8. The fraction of sp³-hybridized carbons (Fsp3) is 0.571. The van der Waals surface area contributed by atoms with Crippen LogP contribution in [0.25, 0.3) is 0 Å². The number of hydrogen-bond donors (Lipinski definition) is 3. The Morgan fingerprint density at radius 1 is 1.10 bits per heavy atom. The van der Waals surface area contributed by atoms with Gasteiger partial charge in [0, 0.05) is 31.7 Å². The van der Waals surface area contributed by atoms with Crippen molar-refractivity contribution in [2.45, 2.75) is 63.0 Å². The summed E-state index contributed by atoms with van der Waals surface area (Å²) < 4.78 is 34.5. The van der Waals surface area contributed by atoms with E-state index in [-0.39, 0.29) is 23.5 Å². The fourth-order valence-corrected chi connectivity index (χ4v) is 6.82. The van der Waals surface area contributed by atoms with Crippen LogP contribution in [0.2, 0.25) is 0 Å². The number of rotatable bonds is 7. The lowest BCUT2D eigenvalue weighted by molar-refractivity contribution is 0.00337. The summed E-state index contributed by atoms with van der Waals surface area (Å²) in [6.45, 7) is 8.55. The molecular formula is C28H39N5O5S. The second kappa shape index (κ2) is 10.7. The zero-order valence-electron chi connectivity index (χ0n) is 22.9. The average molecular weight is 558 g/mol. The molecule has 212 valence electrons. The van der Waals surface area contributed by atoms with Gasteiger partial charge < -0.3 is 25.0 Å². The van der Waals surface area contributed by atoms with Crippen molar-refractivity contribution in [3.63, 3.8) is 0 Å². The summed E-state index contributed by atoms with van der Waals surface area (Å²) in [5.41, 5.74) is 0.840. The lowest BCUT2D eigenvalue weighted by atomic mass is 9.93. The molecule has 2 aliphatic heterocycles. The number of sulfonamides is 1. The quantitative estimate of drug-likeness (QED) is 0.475. The third-order valence-electron chi connectivity index (χ3n) is 7.73. The van der Waals surface area contributed by atoms with E-state index in [1.165, 1.54) is 18.9 Å². The number of aromatic nitrogens is 1. The molecule has 1 aromatic carbocycles. The Bertz CT molecular complexity index is 1310. The number of ether oxygens (including phenoxy) is 1. The van der Waals surface area contributed by atoms with Crippen molar-refractivity contribution < 1.29 is 23.1 Å². The normalized spacial score (nSPS) is 21.2. The maximum absolute atomic E-state index is 13.6. The molecule has 1 spiro atoms. The third-order valence-corrected chi connectivity index (χ3v) is 9.48. The number of carbonyl (C=O) groups is 1. The summed E-state index contributed by atoms with van der Waals surface area (Å²) in [6, 6.07) is 10.1. The molecule has 0 bridgehead atoms. The van der Waals surface area contributed by atoms with Crippen LogP contribution in [0.5, 0.6) is 0 Å². The number of carbonyl (C=O) groups excluding carboxylic acids is 1. The summed E-state index contributed by atoms with van der Waals surface area (Å²) in [6.07, 6.45) is 4.32. The van der Waals surface area contributed by atoms with E-state index in [2.05, 4.69) is 19.9 Å². The number of piperidine rings is 1. The van der Waals surface area contributed by atoms with E-state index in [0.29, 0.717) is 48.0 Å². The maximum atomic E-state index is 13.6. The number of aliphatic hydroxyl groups excluding tert-OH is 1. The van der Waals surface area contributed by atoms with Crippen LogP contribution in [-0.2, 0) is 14.8 Å². The minimum atomic E-state index is -3.77. The van der Waals surface area contributed by atoms with Crippen molar-refractivity contribution >= 4 is 33.3 Å². The number of hydrogen-bond acceptors (Lipinski definition) is 8. The van der Waals surface area contributed by atoms with Gasteiger partial charge in [-0.2, -0.15) is 0 Å². The highest BCUT2D eigenvalue weighted by Gasteiger charge is 2.44. The number of amides is 1. The van der Waals surface area contributed by atoms with Crippen LogP contribution in [0.1, 0.15) is 56.8 Å². The van der Waals surface area contributed by atoms with Gasteiger partial charge >= 0.3 is 0 Å². The van der Waals surface area contributed by atoms with Crippen LogP contribution < -0.4 is 19.8 Å². The van der Waals surface area contributed by atoms with Crippen LogP contribution in [-0.4, -0.2) is 75.5 Å². The molecule has 2 aromatic rings. The molecule has 39 heavy (non-hydrogen) atoms. The van der Waals surface area contributed by atoms with E-state index in [9.17, 15) is 18.3 Å². The first-order chi connectivity index (χ1) is 18.5. The van der Waals surface area contributed by atoms with Crippen molar-refractivity contribution in [2.75, 3.05) is 54.5 Å². The molecule has 1 saturated carbocycles. The molecule has 3 fully saturated rings. The molecule has 3 aliphatic rings. The summed E-state index contributed by atoms with van der Waals surface area (Å²) >= 11 is 0. The molecule has 3 N–H and O–H groups in total. The number of nitrogens with one attached hydrogen (secondary N) is 2. The van der Waals surface area contributed by atoms with Gasteiger partial charge in [0.1, 0.15) is 11.6 Å². The molecule has 0 radical (unpaired) electrons. The zero-order valence-corrected chi connectivity index (χ0v) is 23.8. The minimum absolute atomic E-state index is 0.0652. The summed E-state index contributed by atoms with van der Waals surface area (Å²) in [5, 5.41) is 12.4. The van der Waals surface area contributed by atoms with Crippen LogP contribution in [0.4, 0.5) is 17.3 Å². The molecule has 10 nitrogen and oxygen atoms in total. The smallest absolute Gasteiger partial charge is 0.258 e. The lowest BCUT2D eigenvalue weighted by Crippen LogP contribution is -2.44. The van der Waals surface area contributed by atoms with Crippen LogP contribution in [0.3, 0.4) is 0 Å². The van der Waals surface area contributed by atoms with E-state index in [0.717, 1.165) is 25.9 Å². The Labute approximate surface area is 230 Å². The van der Waals surface area contributed by atoms with Crippen LogP contribution in [0, 0.1) is 5.41 Å². The first-order valence-corrected chi connectivity index (χ1v) is 15.1. The highest BCUT2D eigenvalue weighted by atomic mass is 32.2. The second-order valence-corrected chi connectivity index (χ2v) is 13.7. The van der Waals surface area contributed by atoms with Crippen molar-refractivity contribution in [1.82, 2.24) is 9.71 Å². The maximum Gasteiger partial charge on any atom is 0.258 e. The van der Waals surface area contributed by atoms with Gasteiger partial charge in [-0.25, -0.2) is 18.1 Å². The molecule has 5 rings (SSSR count). The Morgan fingerprint density at radius 2 is 1.85 bits per heavy atom. The molecule has 2 saturated heterocycles. The number of aliphatic hydroxyl groups is 1. The predicted molar refractivity (Wildman–Crippen MR) is 151 cm³/mol. The zero-order chi connectivity index (χ0) is 27.8. The van der Waals surface area contributed by atoms with E-state index < -0.39 is 15.6 Å². The standard InChI is InChI=1S/C28H39N5O5S/c1-27(2,3)31-39(36,37)21-7-8-22(23(17-21)32-13-11-28(9-10-28)12-14-32)26(35)30-24-5-4-6-25(29-24)33-15-16-38-20(18-33)19-34/h4-8,17,20,31,34H,9-16,18-19H2,1-3H3,(H,29,30,35)/t20-/m0/s1. The molecule has 1 aromatic heterocycles. The van der Waals surface area contributed by atoms with Crippen LogP contribution in [0.15, 0.2) is 41.3 Å². The molecule has 1 atom stereocenters. The third kappa shape index (κ3) is 6.54. The Balaban J connectivity index is 1.40. The number of nitrogens with zero attached hydrogens (tertiary/aromatic N) is 3. The molecule has 1 aliphatic carbocycles. The Kier molecular flexibility index (Phi) is 7.62. The van der Waals surface area contributed by atoms with Crippen LogP contribution >= 0.6 is 0 Å². The summed E-state index contributed by atoms with van der Waals surface area (Å²) in [5.74, 6) is 0.747. The highest BCUT2D eigenvalue weighted by Crippen LogP contribution is 2.54. The summed E-state index contributed by atoms with van der Waals surface area (Å²) in [7, 11) is -3.77. The van der Waals surface area contributed by atoms with Gasteiger partial charge in [-0.1, -0.05) is 6.07 Å². The molecular weight excluding hydrogens is 518 g/mol. The summed E-state index contributed by atoms with van der Waals surface area (Å²) in [4.78, 5) is 22.5. The van der Waals surface area contributed by atoms with E-state index in [1.807, 2.05) is 17.0 Å². The molecule has 3 heterocycles. The van der Waals surface area contributed by atoms with Gasteiger partial charge in [0.05, 0.1) is 35.5 Å². The minimum Gasteiger partial charge on any atom is -0.394 e. The van der Waals surface area contributed by atoms with Crippen molar-refractivity contribution in [1.29, 1.82) is 0 Å². The van der Waals surface area contributed by atoms with Gasteiger partial charge in [0.25, 0.3) is 5.91 Å². The van der Waals surface area contributed by atoms with Crippen molar-refractivity contribution in [3.05, 3.63) is 42.0 Å². The number of benzene rings is 1. The number of anilines is 3. The van der Waals surface area contributed by atoms with Crippen molar-refractivity contribution in [3.8, 4) is 0 Å². The molecule has 11 heteroatoms. The van der Waals surface area contributed by atoms with Gasteiger partial charge in [0.15, 0.2) is 0 Å². The second-order valence-electron chi connectivity index (χ2n) is 12.0. The average Bonchev–Trinajstić information content (AvgIpc) is 3.66. The predicted octanol–water partition coefficient (Wildman–Crippen LogP) is 2.99. The molecule has 0 unspecified atom stereocenters. The lowest BCUT2D eigenvalue weighted by Gasteiger charge is -2.35. The van der Waals surface area contributed by atoms with E-state index in [4.69, 9.17) is 4.74 Å². The number of morpholine rings is 1. The topological polar surface area (TPSA) is 124 Å². The Hall–Kier alpha value is -2.73. The van der Waals surface area contributed by atoms with Gasteiger partial charge in [0.2, 0.25) is 10.0 Å².